The minimum atomic E-state index is 0.275. The van der Waals surface area contributed by atoms with E-state index in [0.29, 0.717) is 11.6 Å². The Morgan fingerprint density at radius 3 is 2.48 bits per heavy atom. The summed E-state index contributed by atoms with van der Waals surface area (Å²) in [4.78, 5) is 26.9. The molecule has 1 N–H and O–H groups in total. The highest BCUT2D eigenvalue weighted by Gasteiger charge is 2.19. The Kier molecular flexibility index (Phi) is 5.84. The molecule has 4 heterocycles. The van der Waals surface area contributed by atoms with Crippen LogP contribution in [0.3, 0.4) is 0 Å². The summed E-state index contributed by atoms with van der Waals surface area (Å²) in [6.45, 7) is 11.1. The third-order valence-electron chi connectivity index (χ3n) is 5.84. The summed E-state index contributed by atoms with van der Waals surface area (Å²) >= 11 is 0. The van der Waals surface area contributed by atoms with E-state index in [1.165, 1.54) is 5.56 Å². The average Bonchev–Trinajstić information content (AvgIpc) is 2.78. The highest BCUT2D eigenvalue weighted by atomic mass is 15.0. The van der Waals surface area contributed by atoms with Gasteiger partial charge >= 0.3 is 0 Å². The van der Waals surface area contributed by atoms with E-state index in [9.17, 15) is 0 Å². The van der Waals surface area contributed by atoms with E-state index < -0.39 is 0 Å². The lowest BCUT2D eigenvalue weighted by atomic mass is 9.88. The number of aromatic nitrogens is 6. The summed E-state index contributed by atoms with van der Waals surface area (Å²) in [6, 6.07) is 8.03. The molecule has 0 saturated carbocycles. The molecule has 0 amide bonds. The van der Waals surface area contributed by atoms with E-state index in [1.54, 1.807) is 6.33 Å². The Hall–Kier alpha value is -3.48. The summed E-state index contributed by atoms with van der Waals surface area (Å²) in [7, 11) is 0. The smallest absolute Gasteiger partial charge is 0.178 e. The highest BCUT2D eigenvalue weighted by molar-refractivity contribution is 5.74. The number of anilines is 1. The Balaban J connectivity index is 1.50. The Morgan fingerprint density at radius 1 is 0.903 bits per heavy atom. The number of nitrogens with one attached hydrogen (secondary N) is 1. The van der Waals surface area contributed by atoms with Crippen molar-refractivity contribution in [3.8, 4) is 11.3 Å². The Bertz CT molecular complexity index is 1200. The first-order valence-electron chi connectivity index (χ1n) is 10.5. The zero-order chi connectivity index (χ0) is 22.0. The zero-order valence-corrected chi connectivity index (χ0v) is 18.6. The van der Waals surface area contributed by atoms with Crippen LogP contribution < -0.4 is 5.32 Å². The van der Waals surface area contributed by atoms with Gasteiger partial charge in [0.25, 0.3) is 0 Å². The van der Waals surface area contributed by atoms with Crippen molar-refractivity contribution in [2.75, 3.05) is 11.9 Å². The molecule has 0 aliphatic rings. The summed E-state index contributed by atoms with van der Waals surface area (Å²) in [5.74, 6) is 1.42. The van der Waals surface area contributed by atoms with E-state index in [2.05, 4.69) is 50.2 Å². The molecule has 2 atom stereocenters. The maximum atomic E-state index is 4.78. The van der Waals surface area contributed by atoms with Gasteiger partial charge in [-0.15, -0.1) is 0 Å². The molecule has 31 heavy (non-hydrogen) atoms. The molecule has 0 aliphatic carbocycles. The molecule has 0 aliphatic heterocycles. The number of hydrogen-bond donors (Lipinski definition) is 1. The maximum absolute atomic E-state index is 4.78. The van der Waals surface area contributed by atoms with Gasteiger partial charge in [0.1, 0.15) is 17.7 Å². The van der Waals surface area contributed by atoms with Crippen molar-refractivity contribution in [2.24, 2.45) is 5.92 Å². The van der Waals surface area contributed by atoms with Crippen LogP contribution in [0.4, 0.5) is 5.82 Å². The second-order valence-corrected chi connectivity index (χ2v) is 8.09. The van der Waals surface area contributed by atoms with Gasteiger partial charge in [-0.1, -0.05) is 13.8 Å². The van der Waals surface area contributed by atoms with E-state index >= 15 is 0 Å². The number of hydrogen-bond acceptors (Lipinski definition) is 7. The van der Waals surface area contributed by atoms with Crippen LogP contribution in [-0.4, -0.2) is 36.4 Å². The average molecular weight is 414 g/mol. The maximum Gasteiger partial charge on any atom is 0.178 e. The van der Waals surface area contributed by atoms with Gasteiger partial charge in [-0.25, -0.2) is 24.9 Å². The molecule has 0 aromatic carbocycles. The fraction of sp³-hybridized carbons (Fsp3) is 0.333. The van der Waals surface area contributed by atoms with Crippen LogP contribution in [-0.2, 0) is 0 Å². The van der Waals surface area contributed by atoms with Crippen LogP contribution in [0, 0.1) is 26.7 Å². The lowest BCUT2D eigenvalue weighted by molar-refractivity contribution is 0.513. The van der Waals surface area contributed by atoms with Gasteiger partial charge in [-0.2, -0.15) is 0 Å². The third-order valence-corrected chi connectivity index (χ3v) is 5.84. The molecule has 0 fully saturated rings. The topological polar surface area (TPSA) is 89.4 Å². The molecule has 1 unspecified atom stereocenters. The first-order chi connectivity index (χ1) is 14.9. The van der Waals surface area contributed by atoms with Gasteiger partial charge in [0.15, 0.2) is 5.65 Å². The van der Waals surface area contributed by atoms with Crippen LogP contribution in [0.5, 0.6) is 0 Å². The number of fused-ring (bicyclic) bond motifs is 1. The van der Waals surface area contributed by atoms with Crippen molar-refractivity contribution in [3.05, 3.63) is 65.6 Å². The fourth-order valence-electron chi connectivity index (χ4n) is 3.49. The Morgan fingerprint density at radius 2 is 1.71 bits per heavy atom. The molecule has 0 bridgehead atoms. The van der Waals surface area contributed by atoms with Crippen molar-refractivity contribution in [1.82, 2.24) is 29.9 Å². The van der Waals surface area contributed by atoms with Gasteiger partial charge in [-0.05, 0) is 56.4 Å². The van der Waals surface area contributed by atoms with Crippen LogP contribution in [0.25, 0.3) is 22.4 Å². The van der Waals surface area contributed by atoms with E-state index in [-0.39, 0.29) is 5.92 Å². The molecule has 0 radical (unpaired) electrons. The second kappa shape index (κ2) is 8.71. The first-order valence-corrected chi connectivity index (χ1v) is 10.5. The van der Waals surface area contributed by atoms with Gasteiger partial charge in [0, 0.05) is 36.3 Å². The van der Waals surface area contributed by atoms with Crippen LogP contribution >= 0.6 is 0 Å². The summed E-state index contributed by atoms with van der Waals surface area (Å²) < 4.78 is 0. The molecule has 7 heteroatoms. The second-order valence-electron chi connectivity index (χ2n) is 8.09. The molecule has 7 nitrogen and oxygen atoms in total. The van der Waals surface area contributed by atoms with Gasteiger partial charge in [-0.3, -0.25) is 4.98 Å². The minimum Gasteiger partial charge on any atom is -0.370 e. The molecule has 4 aromatic rings. The first kappa shape index (κ1) is 20.8. The molecule has 0 saturated heterocycles. The lowest BCUT2D eigenvalue weighted by Crippen LogP contribution is -2.18. The highest BCUT2D eigenvalue weighted by Crippen LogP contribution is 2.29. The number of rotatable bonds is 6. The molecule has 158 valence electrons. The molecular weight excluding hydrogens is 386 g/mol. The quantitative estimate of drug-likeness (QED) is 0.492. The van der Waals surface area contributed by atoms with Crippen LogP contribution in [0.2, 0.25) is 0 Å². The van der Waals surface area contributed by atoms with Gasteiger partial charge < -0.3 is 5.32 Å². The van der Waals surface area contributed by atoms with Crippen LogP contribution in [0.15, 0.2) is 43.0 Å². The number of aryl methyl sites for hydroxylation is 3. The standard InChI is InChI=1S/C24H27N7/c1-14(16(3)20-8-9-25-24-23(20)30-17(4)18(5)31-24)11-27-22-10-21(28-13-29-22)19-7-6-15(2)26-12-19/h6-10,12-14,16H,11H2,1-5H3,(H,27,28,29)/t14-,16?/m1/s1. The zero-order valence-electron chi connectivity index (χ0n) is 18.6. The Labute approximate surface area is 182 Å². The lowest BCUT2D eigenvalue weighted by Gasteiger charge is -2.22. The molecular formula is C24H27N7. The largest absolute Gasteiger partial charge is 0.370 e. The van der Waals surface area contributed by atoms with Crippen molar-refractivity contribution in [1.29, 1.82) is 0 Å². The predicted octanol–water partition coefficient (Wildman–Crippen LogP) is 4.65. The van der Waals surface area contributed by atoms with E-state index in [1.807, 2.05) is 51.4 Å². The van der Waals surface area contributed by atoms with Crippen molar-refractivity contribution in [2.45, 2.75) is 40.5 Å². The SMILES string of the molecule is Cc1ccc(-c2cc(NC[C@@H](C)C(C)c3ccnc4nc(C)c(C)nc34)ncn2)cn1. The number of nitrogens with zero attached hydrogens (tertiary/aromatic N) is 6. The van der Waals surface area contributed by atoms with E-state index in [4.69, 9.17) is 4.98 Å². The minimum absolute atomic E-state index is 0.275. The third kappa shape index (κ3) is 4.50. The van der Waals surface area contributed by atoms with Crippen LogP contribution in [0.1, 0.15) is 42.4 Å². The van der Waals surface area contributed by atoms with Gasteiger partial charge in [0.05, 0.1) is 17.1 Å². The molecule has 0 spiro atoms. The summed E-state index contributed by atoms with van der Waals surface area (Å²) in [6.07, 6.45) is 5.25. The predicted molar refractivity (Wildman–Crippen MR) is 123 cm³/mol. The normalized spacial score (nSPS) is 13.2. The molecule has 4 aromatic heterocycles. The van der Waals surface area contributed by atoms with Gasteiger partial charge in [0.2, 0.25) is 0 Å². The summed E-state index contributed by atoms with van der Waals surface area (Å²) in [5.41, 5.74) is 7.45. The van der Waals surface area contributed by atoms with Crippen molar-refractivity contribution in [3.63, 3.8) is 0 Å². The molecule has 4 rings (SSSR count). The monoisotopic (exact) mass is 413 g/mol. The fourth-order valence-corrected chi connectivity index (χ4v) is 3.49. The summed E-state index contributed by atoms with van der Waals surface area (Å²) in [5, 5.41) is 3.46. The van der Waals surface area contributed by atoms with Crippen molar-refractivity contribution < 1.29 is 0 Å². The number of pyridine rings is 2. The van der Waals surface area contributed by atoms with E-state index in [0.717, 1.165) is 46.2 Å². The van der Waals surface area contributed by atoms with Crippen molar-refractivity contribution >= 4 is 17.0 Å².